The molecular weight excluding hydrogens is 320 g/mol. The first kappa shape index (κ1) is 13.6. The monoisotopic (exact) mass is 327 g/mol. The SMILES string of the molecule is COc1cccnc1C(=O)c1c(F)cc(Br)cc1F. The van der Waals surface area contributed by atoms with Crippen LogP contribution in [0.4, 0.5) is 8.78 Å². The lowest BCUT2D eigenvalue weighted by Crippen LogP contribution is -2.11. The lowest BCUT2D eigenvalue weighted by molar-refractivity contribution is 0.102. The molecule has 0 saturated heterocycles. The Morgan fingerprint density at radius 1 is 1.32 bits per heavy atom. The van der Waals surface area contributed by atoms with E-state index in [0.29, 0.717) is 0 Å². The molecule has 1 heterocycles. The number of benzene rings is 1. The number of ketones is 1. The van der Waals surface area contributed by atoms with Crippen LogP contribution in [0.1, 0.15) is 16.1 Å². The number of pyridine rings is 1. The molecule has 0 radical (unpaired) electrons. The van der Waals surface area contributed by atoms with Crippen molar-refractivity contribution in [3.8, 4) is 5.75 Å². The van der Waals surface area contributed by atoms with E-state index in [-0.39, 0.29) is 15.9 Å². The predicted octanol–water partition coefficient (Wildman–Crippen LogP) is 3.36. The summed E-state index contributed by atoms with van der Waals surface area (Å²) in [6, 6.07) is 5.09. The van der Waals surface area contributed by atoms with Crippen molar-refractivity contribution in [3.05, 3.63) is 57.8 Å². The van der Waals surface area contributed by atoms with Gasteiger partial charge in [-0.3, -0.25) is 4.79 Å². The molecule has 6 heteroatoms. The zero-order chi connectivity index (χ0) is 14.0. The van der Waals surface area contributed by atoms with Gasteiger partial charge in [-0.25, -0.2) is 13.8 Å². The van der Waals surface area contributed by atoms with E-state index in [2.05, 4.69) is 20.9 Å². The number of halogens is 3. The lowest BCUT2D eigenvalue weighted by atomic mass is 10.1. The van der Waals surface area contributed by atoms with Crippen molar-refractivity contribution in [2.24, 2.45) is 0 Å². The number of aromatic nitrogens is 1. The van der Waals surface area contributed by atoms with Gasteiger partial charge in [-0.15, -0.1) is 0 Å². The number of rotatable bonds is 3. The molecule has 3 nitrogen and oxygen atoms in total. The summed E-state index contributed by atoms with van der Waals surface area (Å²) in [5, 5.41) is 0. The highest BCUT2D eigenvalue weighted by atomic mass is 79.9. The first-order valence-electron chi connectivity index (χ1n) is 5.23. The second-order valence-electron chi connectivity index (χ2n) is 3.63. The Hall–Kier alpha value is -1.82. The van der Waals surface area contributed by atoms with Crippen LogP contribution < -0.4 is 4.74 Å². The van der Waals surface area contributed by atoms with Crippen molar-refractivity contribution < 1.29 is 18.3 Å². The van der Waals surface area contributed by atoms with Gasteiger partial charge < -0.3 is 4.74 Å². The highest BCUT2D eigenvalue weighted by molar-refractivity contribution is 9.10. The van der Waals surface area contributed by atoms with Gasteiger partial charge in [0.1, 0.15) is 17.4 Å². The predicted molar refractivity (Wildman–Crippen MR) is 68.3 cm³/mol. The molecule has 1 aromatic carbocycles. The zero-order valence-corrected chi connectivity index (χ0v) is 11.4. The average Bonchev–Trinajstić information content (AvgIpc) is 2.37. The van der Waals surface area contributed by atoms with E-state index in [1.54, 1.807) is 6.07 Å². The van der Waals surface area contributed by atoms with E-state index in [1.807, 2.05) is 0 Å². The van der Waals surface area contributed by atoms with Crippen LogP contribution >= 0.6 is 15.9 Å². The summed E-state index contributed by atoms with van der Waals surface area (Å²) in [6.07, 6.45) is 1.35. The van der Waals surface area contributed by atoms with Crippen LogP contribution in [0.15, 0.2) is 34.9 Å². The van der Waals surface area contributed by atoms with Gasteiger partial charge in [0.15, 0.2) is 5.69 Å². The molecule has 0 saturated carbocycles. The second kappa shape index (κ2) is 5.44. The van der Waals surface area contributed by atoms with Gasteiger partial charge in [-0.1, -0.05) is 15.9 Å². The van der Waals surface area contributed by atoms with E-state index in [4.69, 9.17) is 4.74 Å². The minimum atomic E-state index is -0.954. The molecule has 19 heavy (non-hydrogen) atoms. The fourth-order valence-electron chi connectivity index (χ4n) is 1.60. The molecule has 2 rings (SSSR count). The van der Waals surface area contributed by atoms with Gasteiger partial charge >= 0.3 is 0 Å². The highest BCUT2D eigenvalue weighted by Gasteiger charge is 2.23. The molecule has 0 spiro atoms. The minimum absolute atomic E-state index is 0.134. The van der Waals surface area contributed by atoms with Crippen LogP contribution in [0.25, 0.3) is 0 Å². The van der Waals surface area contributed by atoms with E-state index in [0.717, 1.165) is 12.1 Å². The molecule has 0 aliphatic rings. The van der Waals surface area contributed by atoms with E-state index in [1.165, 1.54) is 19.4 Å². The molecule has 1 aromatic heterocycles. The van der Waals surface area contributed by atoms with Crippen molar-refractivity contribution >= 4 is 21.7 Å². The van der Waals surface area contributed by atoms with Gasteiger partial charge in [0.25, 0.3) is 0 Å². The lowest BCUT2D eigenvalue weighted by Gasteiger charge is -2.08. The number of carbonyl (C=O) groups excluding carboxylic acids is 1. The van der Waals surface area contributed by atoms with Crippen LogP contribution in [-0.2, 0) is 0 Å². The Balaban J connectivity index is 2.57. The third kappa shape index (κ3) is 2.63. The molecule has 0 atom stereocenters. The Morgan fingerprint density at radius 2 is 1.95 bits per heavy atom. The molecule has 0 bridgehead atoms. The number of hydrogen-bond donors (Lipinski definition) is 0. The number of methoxy groups -OCH3 is 1. The van der Waals surface area contributed by atoms with Crippen LogP contribution in [0.5, 0.6) is 5.75 Å². The summed E-state index contributed by atoms with van der Waals surface area (Å²) < 4.78 is 32.6. The van der Waals surface area contributed by atoms with Crippen molar-refractivity contribution in [3.63, 3.8) is 0 Å². The summed E-state index contributed by atoms with van der Waals surface area (Å²) in [5.74, 6) is -2.61. The van der Waals surface area contributed by atoms with Crippen molar-refractivity contribution in [2.75, 3.05) is 7.11 Å². The fraction of sp³-hybridized carbons (Fsp3) is 0.0769. The fourth-order valence-corrected chi connectivity index (χ4v) is 2.01. The average molecular weight is 328 g/mol. The van der Waals surface area contributed by atoms with Gasteiger partial charge in [0.05, 0.1) is 12.7 Å². The third-order valence-corrected chi connectivity index (χ3v) is 2.90. The number of ether oxygens (including phenoxy) is 1. The maximum Gasteiger partial charge on any atom is 0.221 e. The van der Waals surface area contributed by atoms with E-state index >= 15 is 0 Å². The number of hydrogen-bond acceptors (Lipinski definition) is 3. The largest absolute Gasteiger partial charge is 0.494 e. The van der Waals surface area contributed by atoms with Gasteiger partial charge in [-0.2, -0.15) is 0 Å². The molecular formula is C13H8BrF2NO2. The molecule has 0 amide bonds. The number of nitrogens with zero attached hydrogens (tertiary/aromatic N) is 1. The highest BCUT2D eigenvalue weighted by Crippen LogP contribution is 2.24. The summed E-state index contributed by atoms with van der Waals surface area (Å²) in [6.45, 7) is 0. The van der Waals surface area contributed by atoms with Gasteiger partial charge in [-0.05, 0) is 24.3 Å². The summed E-state index contributed by atoms with van der Waals surface area (Å²) in [5.41, 5.74) is -0.787. The molecule has 0 aliphatic heterocycles. The zero-order valence-electron chi connectivity index (χ0n) is 9.78. The molecule has 0 aliphatic carbocycles. The normalized spacial score (nSPS) is 10.3. The molecule has 98 valence electrons. The standard InChI is InChI=1S/C13H8BrF2NO2/c1-19-10-3-2-4-17-12(10)13(18)11-8(15)5-7(14)6-9(11)16/h2-6H,1H3. The van der Waals surface area contributed by atoms with Gasteiger partial charge in [0, 0.05) is 10.7 Å². The first-order valence-corrected chi connectivity index (χ1v) is 6.02. The van der Waals surface area contributed by atoms with Crippen LogP contribution in [0.3, 0.4) is 0 Å². The Morgan fingerprint density at radius 3 is 2.53 bits per heavy atom. The van der Waals surface area contributed by atoms with Crippen LogP contribution in [0, 0.1) is 11.6 Å². The second-order valence-corrected chi connectivity index (χ2v) is 4.54. The minimum Gasteiger partial charge on any atom is -0.494 e. The Bertz CT molecular complexity index is 623. The van der Waals surface area contributed by atoms with Crippen LogP contribution in [0.2, 0.25) is 0 Å². The summed E-state index contributed by atoms with van der Waals surface area (Å²) in [7, 11) is 1.35. The van der Waals surface area contributed by atoms with Gasteiger partial charge in [0.2, 0.25) is 5.78 Å². The number of carbonyl (C=O) groups is 1. The smallest absolute Gasteiger partial charge is 0.221 e. The maximum atomic E-state index is 13.7. The van der Waals surface area contributed by atoms with E-state index < -0.39 is 23.0 Å². The quantitative estimate of drug-likeness (QED) is 0.811. The molecule has 0 N–H and O–H groups in total. The molecule has 2 aromatic rings. The topological polar surface area (TPSA) is 39.2 Å². The maximum absolute atomic E-state index is 13.7. The summed E-state index contributed by atoms with van der Waals surface area (Å²) in [4.78, 5) is 16.0. The first-order chi connectivity index (χ1) is 9.04. The Kier molecular flexibility index (Phi) is 3.90. The van der Waals surface area contributed by atoms with Crippen LogP contribution in [-0.4, -0.2) is 17.9 Å². The van der Waals surface area contributed by atoms with E-state index in [9.17, 15) is 13.6 Å². The molecule has 0 fully saturated rings. The van der Waals surface area contributed by atoms with Crippen molar-refractivity contribution in [1.82, 2.24) is 4.98 Å². The Labute approximate surface area is 116 Å². The van der Waals surface area contributed by atoms with Crippen molar-refractivity contribution in [1.29, 1.82) is 0 Å². The molecule has 0 unspecified atom stereocenters. The summed E-state index contributed by atoms with van der Waals surface area (Å²) >= 11 is 2.95. The van der Waals surface area contributed by atoms with Crippen molar-refractivity contribution in [2.45, 2.75) is 0 Å². The third-order valence-electron chi connectivity index (χ3n) is 2.44.